The number of rotatable bonds is 4. The highest BCUT2D eigenvalue weighted by Crippen LogP contribution is 2.36. The van der Waals surface area contributed by atoms with Gasteiger partial charge in [-0.15, -0.1) is 0 Å². The molecule has 1 aromatic rings. The van der Waals surface area contributed by atoms with Crippen LogP contribution in [0.3, 0.4) is 0 Å². The van der Waals surface area contributed by atoms with E-state index in [2.05, 4.69) is 6.07 Å². The summed E-state index contributed by atoms with van der Waals surface area (Å²) in [6, 6.07) is 7.02. The molecule has 5 nitrogen and oxygen atoms in total. The summed E-state index contributed by atoms with van der Waals surface area (Å²) in [5.41, 5.74) is 0.505. The first-order chi connectivity index (χ1) is 11.7. The maximum absolute atomic E-state index is 12.5. The third-order valence-electron chi connectivity index (χ3n) is 5.29. The van der Waals surface area contributed by atoms with Gasteiger partial charge in [0.25, 0.3) is 5.91 Å². The van der Waals surface area contributed by atoms with Gasteiger partial charge in [-0.3, -0.25) is 4.79 Å². The van der Waals surface area contributed by atoms with Crippen molar-refractivity contribution in [3.05, 3.63) is 23.8 Å². The molecule has 128 valence electrons. The molecular weight excluding hydrogens is 304 g/mol. The van der Waals surface area contributed by atoms with Crippen molar-refractivity contribution < 1.29 is 14.3 Å². The zero-order chi connectivity index (χ0) is 16.9. The van der Waals surface area contributed by atoms with Crippen LogP contribution in [0.4, 0.5) is 0 Å². The van der Waals surface area contributed by atoms with Crippen molar-refractivity contribution in [3.8, 4) is 17.6 Å². The highest BCUT2D eigenvalue weighted by molar-refractivity contribution is 5.78. The SMILES string of the molecule is COc1cc(C#N)ccc1OCC(=O)N1CCC2CCCCC2C1. The third-order valence-corrected chi connectivity index (χ3v) is 5.29. The van der Waals surface area contributed by atoms with Crippen molar-refractivity contribution in [2.75, 3.05) is 26.8 Å². The van der Waals surface area contributed by atoms with Gasteiger partial charge in [0.2, 0.25) is 0 Å². The number of likely N-dealkylation sites (tertiary alicyclic amines) is 1. The van der Waals surface area contributed by atoms with Crippen LogP contribution in [0.2, 0.25) is 0 Å². The lowest BCUT2D eigenvalue weighted by atomic mass is 9.75. The molecule has 2 atom stereocenters. The van der Waals surface area contributed by atoms with Gasteiger partial charge in [-0.05, 0) is 36.8 Å². The number of fused-ring (bicyclic) bond motifs is 1. The summed E-state index contributed by atoms with van der Waals surface area (Å²) < 4.78 is 10.9. The topological polar surface area (TPSA) is 62.6 Å². The van der Waals surface area contributed by atoms with E-state index in [0.29, 0.717) is 23.0 Å². The summed E-state index contributed by atoms with van der Waals surface area (Å²) in [5.74, 6) is 2.49. The summed E-state index contributed by atoms with van der Waals surface area (Å²) in [6.07, 6.45) is 6.33. The molecule has 2 aliphatic rings. The van der Waals surface area contributed by atoms with Gasteiger partial charge in [-0.25, -0.2) is 0 Å². The van der Waals surface area contributed by atoms with E-state index in [0.717, 1.165) is 25.4 Å². The molecule has 1 heterocycles. The van der Waals surface area contributed by atoms with E-state index in [1.807, 2.05) is 4.90 Å². The van der Waals surface area contributed by atoms with Gasteiger partial charge in [0, 0.05) is 19.2 Å². The number of carbonyl (C=O) groups excluding carboxylic acids is 1. The van der Waals surface area contributed by atoms with Gasteiger partial charge < -0.3 is 14.4 Å². The first-order valence-electron chi connectivity index (χ1n) is 8.70. The number of benzene rings is 1. The smallest absolute Gasteiger partial charge is 0.260 e. The molecule has 2 fully saturated rings. The second-order valence-electron chi connectivity index (χ2n) is 6.70. The Kier molecular flexibility index (Phi) is 5.24. The normalized spacial score (nSPS) is 23.1. The first-order valence-corrected chi connectivity index (χ1v) is 8.70. The van der Waals surface area contributed by atoms with Crippen molar-refractivity contribution in [2.24, 2.45) is 11.8 Å². The number of carbonyl (C=O) groups is 1. The van der Waals surface area contributed by atoms with Crippen molar-refractivity contribution in [3.63, 3.8) is 0 Å². The molecule has 3 rings (SSSR count). The molecule has 1 aliphatic heterocycles. The molecule has 0 aromatic heterocycles. The van der Waals surface area contributed by atoms with Gasteiger partial charge in [-0.2, -0.15) is 5.26 Å². The van der Waals surface area contributed by atoms with Gasteiger partial charge in [0.1, 0.15) is 0 Å². The number of nitriles is 1. The van der Waals surface area contributed by atoms with Crippen LogP contribution < -0.4 is 9.47 Å². The maximum Gasteiger partial charge on any atom is 0.260 e. The molecule has 1 saturated carbocycles. The number of ether oxygens (including phenoxy) is 2. The molecule has 0 radical (unpaired) electrons. The first kappa shape index (κ1) is 16.6. The Balaban J connectivity index is 1.57. The number of amides is 1. The molecule has 1 aliphatic carbocycles. The minimum absolute atomic E-state index is 0.0135. The Hall–Kier alpha value is -2.22. The lowest BCUT2D eigenvalue weighted by Crippen LogP contribution is -2.46. The van der Waals surface area contributed by atoms with Gasteiger partial charge >= 0.3 is 0 Å². The van der Waals surface area contributed by atoms with Crippen molar-refractivity contribution in [2.45, 2.75) is 32.1 Å². The van der Waals surface area contributed by atoms with E-state index in [9.17, 15) is 4.79 Å². The zero-order valence-electron chi connectivity index (χ0n) is 14.2. The Labute approximate surface area is 143 Å². The molecule has 0 spiro atoms. The average molecular weight is 328 g/mol. The number of methoxy groups -OCH3 is 1. The molecule has 0 N–H and O–H groups in total. The fourth-order valence-corrected chi connectivity index (χ4v) is 3.91. The Morgan fingerprint density at radius 1 is 1.25 bits per heavy atom. The second-order valence-corrected chi connectivity index (χ2v) is 6.70. The van der Waals surface area contributed by atoms with Crippen LogP contribution in [-0.2, 0) is 4.79 Å². The monoisotopic (exact) mass is 328 g/mol. The predicted octanol–water partition coefficient (Wildman–Crippen LogP) is 2.98. The maximum atomic E-state index is 12.5. The number of hydrogen-bond acceptors (Lipinski definition) is 4. The van der Waals surface area contributed by atoms with Gasteiger partial charge in [-0.1, -0.05) is 19.3 Å². The second kappa shape index (κ2) is 7.57. The molecule has 1 amide bonds. The van der Waals surface area contributed by atoms with Crippen molar-refractivity contribution >= 4 is 5.91 Å². The third kappa shape index (κ3) is 3.64. The van der Waals surface area contributed by atoms with Crippen molar-refractivity contribution in [1.82, 2.24) is 4.90 Å². The predicted molar refractivity (Wildman–Crippen MR) is 89.8 cm³/mol. The summed E-state index contributed by atoms with van der Waals surface area (Å²) in [7, 11) is 1.53. The van der Waals surface area contributed by atoms with Crippen LogP contribution in [0.5, 0.6) is 11.5 Å². The Bertz CT molecular complexity index is 638. The Morgan fingerprint density at radius 2 is 2.04 bits per heavy atom. The average Bonchev–Trinajstić information content (AvgIpc) is 2.65. The van der Waals surface area contributed by atoms with Crippen LogP contribution in [-0.4, -0.2) is 37.6 Å². The van der Waals surface area contributed by atoms with Crippen LogP contribution >= 0.6 is 0 Å². The Morgan fingerprint density at radius 3 is 2.79 bits per heavy atom. The van der Waals surface area contributed by atoms with E-state index in [4.69, 9.17) is 14.7 Å². The van der Waals surface area contributed by atoms with E-state index in [-0.39, 0.29) is 12.5 Å². The quantitative estimate of drug-likeness (QED) is 0.852. The van der Waals surface area contributed by atoms with Gasteiger partial charge in [0.15, 0.2) is 18.1 Å². The van der Waals surface area contributed by atoms with E-state index in [1.165, 1.54) is 32.8 Å². The van der Waals surface area contributed by atoms with Crippen LogP contribution in [0.15, 0.2) is 18.2 Å². The van der Waals surface area contributed by atoms with Crippen LogP contribution in [0.1, 0.15) is 37.7 Å². The molecule has 1 saturated heterocycles. The minimum atomic E-state index is 0.0135. The summed E-state index contributed by atoms with van der Waals surface area (Å²) in [4.78, 5) is 14.4. The van der Waals surface area contributed by atoms with Crippen LogP contribution in [0, 0.1) is 23.2 Å². The highest BCUT2D eigenvalue weighted by Gasteiger charge is 2.32. The zero-order valence-corrected chi connectivity index (χ0v) is 14.2. The molecule has 2 unspecified atom stereocenters. The van der Waals surface area contributed by atoms with E-state index < -0.39 is 0 Å². The standard InChI is InChI=1S/C19H24N2O3/c1-23-18-10-14(11-20)6-7-17(18)24-13-19(22)21-9-8-15-4-2-3-5-16(15)12-21/h6-7,10,15-16H,2-5,8-9,12-13H2,1H3. The fourth-order valence-electron chi connectivity index (χ4n) is 3.91. The lowest BCUT2D eigenvalue weighted by Gasteiger charge is -2.41. The number of piperidine rings is 1. The summed E-state index contributed by atoms with van der Waals surface area (Å²) in [5, 5.41) is 8.92. The number of hydrogen-bond donors (Lipinski definition) is 0. The molecule has 24 heavy (non-hydrogen) atoms. The molecule has 0 bridgehead atoms. The summed E-state index contributed by atoms with van der Waals surface area (Å²) >= 11 is 0. The number of nitrogens with zero attached hydrogens (tertiary/aromatic N) is 2. The van der Waals surface area contributed by atoms with Crippen molar-refractivity contribution in [1.29, 1.82) is 5.26 Å². The fraction of sp³-hybridized carbons (Fsp3) is 0.579. The summed E-state index contributed by atoms with van der Waals surface area (Å²) in [6.45, 7) is 1.73. The molecular formula is C19H24N2O3. The highest BCUT2D eigenvalue weighted by atomic mass is 16.5. The van der Waals surface area contributed by atoms with Crippen LogP contribution in [0.25, 0.3) is 0 Å². The van der Waals surface area contributed by atoms with Gasteiger partial charge in [0.05, 0.1) is 18.7 Å². The molecule has 1 aromatic carbocycles. The largest absolute Gasteiger partial charge is 0.493 e. The molecule has 5 heteroatoms. The minimum Gasteiger partial charge on any atom is -0.493 e. The lowest BCUT2D eigenvalue weighted by molar-refractivity contribution is -0.136. The van der Waals surface area contributed by atoms with E-state index in [1.54, 1.807) is 18.2 Å². The van der Waals surface area contributed by atoms with E-state index >= 15 is 0 Å².